The predicted molar refractivity (Wildman–Crippen MR) is 60.3 cm³/mol. The zero-order chi connectivity index (χ0) is 10.5. The number of ether oxygens (including phenoxy) is 2. The number of rotatable bonds is 4. The predicted octanol–water partition coefficient (Wildman–Crippen LogP) is 2.76. The Balaban J connectivity index is -0.000000720. The number of hydrogen-bond donors (Lipinski definition) is 0. The zero-order valence-corrected chi connectivity index (χ0v) is 8.55. The number of esters is 2. The lowest BCUT2D eigenvalue weighted by atomic mass is 9.91. The summed E-state index contributed by atoms with van der Waals surface area (Å²) in [6, 6.07) is 0. The van der Waals surface area contributed by atoms with Crippen LogP contribution in [0.1, 0.15) is 49.0 Å². The third-order valence-electron chi connectivity index (χ3n) is 1.89. The molecule has 0 radical (unpaired) electrons. The van der Waals surface area contributed by atoms with E-state index in [0.29, 0.717) is 6.42 Å². The van der Waals surface area contributed by atoms with E-state index in [2.05, 4.69) is 4.74 Å². The van der Waals surface area contributed by atoms with Gasteiger partial charge in [-0.05, 0) is 20.3 Å². The lowest BCUT2D eigenvalue weighted by molar-refractivity contribution is -0.172. The van der Waals surface area contributed by atoms with Crippen LogP contribution in [0, 0.1) is 5.41 Å². The molecule has 0 aliphatic heterocycles. The number of carbonyl (C=O) groups is 2. The topological polar surface area (TPSA) is 52.6 Å². The molecule has 0 amide bonds. The summed E-state index contributed by atoms with van der Waals surface area (Å²) in [6.07, 6.45) is 0.686. The highest BCUT2D eigenvalue weighted by Crippen LogP contribution is 2.21. The van der Waals surface area contributed by atoms with Crippen molar-refractivity contribution in [2.45, 2.75) is 49.0 Å². The fraction of sp³-hybridized carbons (Fsp3) is 0.818. The Morgan fingerprint density at radius 3 is 1.93 bits per heavy atom. The average molecular weight is 220 g/mol. The highest BCUT2D eigenvalue weighted by atomic mass is 16.7. The van der Waals surface area contributed by atoms with Gasteiger partial charge < -0.3 is 9.47 Å². The van der Waals surface area contributed by atoms with Crippen LogP contribution in [-0.2, 0) is 19.1 Å². The standard InChI is InChI=1S/C9H16O4.2CH4/c1-5-9(3,4)8(11)13-6-12-7(2)10;;/h5-6H2,1-4H3;2*1H4. The van der Waals surface area contributed by atoms with Crippen LogP contribution in [0.3, 0.4) is 0 Å². The smallest absolute Gasteiger partial charge is 0.314 e. The first-order valence-electron chi connectivity index (χ1n) is 4.20. The van der Waals surface area contributed by atoms with Gasteiger partial charge in [0.05, 0.1) is 5.41 Å². The maximum atomic E-state index is 11.3. The molecule has 15 heavy (non-hydrogen) atoms. The van der Waals surface area contributed by atoms with E-state index < -0.39 is 11.4 Å². The molecular formula is C11H24O4. The monoisotopic (exact) mass is 220 g/mol. The molecule has 0 atom stereocenters. The fourth-order valence-corrected chi connectivity index (χ4v) is 0.506. The third-order valence-corrected chi connectivity index (χ3v) is 1.89. The van der Waals surface area contributed by atoms with Gasteiger partial charge in [-0.1, -0.05) is 21.8 Å². The van der Waals surface area contributed by atoms with Crippen molar-refractivity contribution in [3.63, 3.8) is 0 Å². The van der Waals surface area contributed by atoms with Crippen LogP contribution in [0.2, 0.25) is 0 Å². The molecule has 0 aliphatic rings. The maximum absolute atomic E-state index is 11.3. The summed E-state index contributed by atoms with van der Waals surface area (Å²) in [5.41, 5.74) is -0.514. The Hall–Kier alpha value is -1.06. The van der Waals surface area contributed by atoms with Crippen molar-refractivity contribution in [1.82, 2.24) is 0 Å². The minimum atomic E-state index is -0.514. The molecule has 0 saturated carbocycles. The van der Waals surface area contributed by atoms with Crippen molar-refractivity contribution < 1.29 is 19.1 Å². The van der Waals surface area contributed by atoms with E-state index in [-0.39, 0.29) is 27.6 Å². The van der Waals surface area contributed by atoms with Crippen molar-refractivity contribution in [2.75, 3.05) is 6.79 Å². The quantitative estimate of drug-likeness (QED) is 0.540. The van der Waals surface area contributed by atoms with Crippen molar-refractivity contribution >= 4 is 11.9 Å². The third kappa shape index (κ3) is 7.97. The van der Waals surface area contributed by atoms with Gasteiger partial charge in [0.25, 0.3) is 0 Å². The molecule has 92 valence electrons. The molecule has 0 aromatic carbocycles. The first-order valence-corrected chi connectivity index (χ1v) is 4.20. The zero-order valence-electron chi connectivity index (χ0n) is 8.55. The van der Waals surface area contributed by atoms with Gasteiger partial charge in [-0.25, -0.2) is 0 Å². The molecule has 0 aromatic heterocycles. The maximum Gasteiger partial charge on any atom is 0.314 e. The van der Waals surface area contributed by atoms with E-state index in [1.165, 1.54) is 6.92 Å². The van der Waals surface area contributed by atoms with Crippen molar-refractivity contribution in [1.29, 1.82) is 0 Å². The van der Waals surface area contributed by atoms with Gasteiger partial charge in [0.1, 0.15) is 0 Å². The highest BCUT2D eigenvalue weighted by Gasteiger charge is 2.27. The summed E-state index contributed by atoms with van der Waals surface area (Å²) < 4.78 is 9.20. The molecule has 4 heteroatoms. The molecular weight excluding hydrogens is 196 g/mol. The molecule has 0 N–H and O–H groups in total. The molecule has 0 spiro atoms. The van der Waals surface area contributed by atoms with Gasteiger partial charge in [-0.15, -0.1) is 0 Å². The van der Waals surface area contributed by atoms with Crippen LogP contribution < -0.4 is 0 Å². The summed E-state index contributed by atoms with van der Waals surface area (Å²) in [6.45, 7) is 6.43. The van der Waals surface area contributed by atoms with Crippen molar-refractivity contribution in [3.05, 3.63) is 0 Å². The van der Waals surface area contributed by atoms with Crippen LogP contribution in [0.4, 0.5) is 0 Å². The van der Waals surface area contributed by atoms with Gasteiger partial charge in [0, 0.05) is 6.92 Å². The largest absolute Gasteiger partial charge is 0.428 e. The average Bonchev–Trinajstić information content (AvgIpc) is 2.03. The van der Waals surface area contributed by atoms with Gasteiger partial charge in [0.15, 0.2) is 0 Å². The van der Waals surface area contributed by atoms with Gasteiger partial charge in [0.2, 0.25) is 6.79 Å². The Labute approximate surface area is 93.0 Å². The summed E-state index contributed by atoms with van der Waals surface area (Å²) in [7, 11) is 0. The van der Waals surface area contributed by atoms with Crippen LogP contribution in [0.15, 0.2) is 0 Å². The summed E-state index contributed by atoms with van der Waals surface area (Å²) in [5.74, 6) is -0.807. The lowest BCUT2D eigenvalue weighted by Crippen LogP contribution is -2.26. The van der Waals surface area contributed by atoms with Crippen LogP contribution in [0.25, 0.3) is 0 Å². The molecule has 0 aliphatic carbocycles. The lowest BCUT2D eigenvalue weighted by Gasteiger charge is -2.19. The molecule has 0 fully saturated rings. The van der Waals surface area contributed by atoms with Crippen molar-refractivity contribution in [3.8, 4) is 0 Å². The Morgan fingerprint density at radius 2 is 1.60 bits per heavy atom. The molecule has 0 saturated heterocycles. The number of hydrogen-bond acceptors (Lipinski definition) is 4. The van der Waals surface area contributed by atoms with E-state index in [1.54, 1.807) is 13.8 Å². The summed E-state index contributed by atoms with van der Waals surface area (Å²) >= 11 is 0. The van der Waals surface area contributed by atoms with Crippen LogP contribution >= 0.6 is 0 Å². The number of carbonyl (C=O) groups excluding carboxylic acids is 2. The fourth-order valence-electron chi connectivity index (χ4n) is 0.506. The van der Waals surface area contributed by atoms with Gasteiger partial charge in [-0.2, -0.15) is 0 Å². The molecule has 0 bridgehead atoms. The molecule has 0 unspecified atom stereocenters. The van der Waals surface area contributed by atoms with Gasteiger partial charge in [-0.3, -0.25) is 9.59 Å². The molecule has 0 rings (SSSR count). The molecule has 4 nitrogen and oxygen atoms in total. The van der Waals surface area contributed by atoms with E-state index in [4.69, 9.17) is 4.74 Å². The van der Waals surface area contributed by atoms with Crippen molar-refractivity contribution in [2.24, 2.45) is 5.41 Å². The first-order chi connectivity index (χ1) is 5.90. The SMILES string of the molecule is C.C.CCC(C)(C)C(=O)OCOC(C)=O. The Morgan fingerprint density at radius 1 is 1.13 bits per heavy atom. The second-order valence-electron chi connectivity index (χ2n) is 3.42. The normalized spacial score (nSPS) is 9.33. The Bertz CT molecular complexity index is 197. The summed E-state index contributed by atoms with van der Waals surface area (Å²) in [5, 5.41) is 0. The van der Waals surface area contributed by atoms with Crippen LogP contribution in [0.5, 0.6) is 0 Å². The minimum absolute atomic E-state index is 0. The highest BCUT2D eigenvalue weighted by molar-refractivity contribution is 5.75. The second-order valence-corrected chi connectivity index (χ2v) is 3.42. The second kappa shape index (κ2) is 8.26. The van der Waals surface area contributed by atoms with E-state index in [0.717, 1.165) is 0 Å². The van der Waals surface area contributed by atoms with Crippen LogP contribution in [-0.4, -0.2) is 18.7 Å². The minimum Gasteiger partial charge on any atom is -0.428 e. The Kier molecular flexibility index (Phi) is 10.7. The van der Waals surface area contributed by atoms with E-state index in [9.17, 15) is 9.59 Å². The molecule has 0 aromatic rings. The molecule has 0 heterocycles. The van der Waals surface area contributed by atoms with E-state index >= 15 is 0 Å². The summed E-state index contributed by atoms with van der Waals surface area (Å²) in [4.78, 5) is 21.6. The van der Waals surface area contributed by atoms with Gasteiger partial charge >= 0.3 is 11.9 Å². The first kappa shape index (κ1) is 19.5. The van der Waals surface area contributed by atoms with E-state index in [1.807, 2.05) is 6.92 Å².